The molecule has 1 unspecified atom stereocenters. The summed E-state index contributed by atoms with van der Waals surface area (Å²) in [5, 5.41) is 3.01. The van der Waals surface area contributed by atoms with E-state index in [0.29, 0.717) is 6.61 Å². The summed E-state index contributed by atoms with van der Waals surface area (Å²) in [5.41, 5.74) is 4.72. The number of thioether (sulfide) groups is 1. The van der Waals surface area contributed by atoms with E-state index in [-0.39, 0.29) is 16.8 Å². The van der Waals surface area contributed by atoms with E-state index in [1.807, 2.05) is 24.3 Å². The van der Waals surface area contributed by atoms with E-state index in [4.69, 9.17) is 4.74 Å². The molecule has 0 saturated heterocycles. The highest BCUT2D eigenvalue weighted by atomic mass is 32.2. The van der Waals surface area contributed by atoms with Gasteiger partial charge in [-0.1, -0.05) is 56.8 Å². The van der Waals surface area contributed by atoms with Crippen molar-refractivity contribution in [3.63, 3.8) is 0 Å². The van der Waals surface area contributed by atoms with Crippen LogP contribution in [0.3, 0.4) is 0 Å². The van der Waals surface area contributed by atoms with E-state index in [1.54, 1.807) is 23.1 Å². The van der Waals surface area contributed by atoms with E-state index in [1.165, 1.54) is 11.1 Å². The van der Waals surface area contributed by atoms with E-state index in [0.717, 1.165) is 31.2 Å². The first-order valence-electron chi connectivity index (χ1n) is 9.12. The van der Waals surface area contributed by atoms with Crippen molar-refractivity contribution in [2.24, 2.45) is 0 Å². The average Bonchev–Trinajstić information content (AvgIpc) is 2.66. The molecule has 2 aliphatic heterocycles. The lowest BCUT2D eigenvalue weighted by atomic mass is 9.79. The molecule has 0 bridgehead atoms. The summed E-state index contributed by atoms with van der Waals surface area (Å²) >= 11 is 3.39. The number of rotatable bonds is 0. The Hall–Kier alpha value is -2.04. The Morgan fingerprint density at radius 2 is 1.93 bits per heavy atom. The van der Waals surface area contributed by atoms with Crippen molar-refractivity contribution in [3.05, 3.63) is 80.4 Å². The zero-order valence-corrected chi connectivity index (χ0v) is 17.2. The molecule has 3 heterocycles. The van der Waals surface area contributed by atoms with Crippen LogP contribution < -0.4 is 10.2 Å². The van der Waals surface area contributed by atoms with E-state index in [2.05, 4.69) is 44.4 Å². The topological polar surface area (TPSA) is 26.3 Å². The minimum atomic E-state index is 0.000608. The number of hydrogen-bond donors (Lipinski definition) is 0. The van der Waals surface area contributed by atoms with Gasteiger partial charge in [0.25, 0.3) is 0 Å². The molecule has 0 radical (unpaired) electrons. The lowest BCUT2D eigenvalue weighted by Gasteiger charge is -2.33. The van der Waals surface area contributed by atoms with E-state index >= 15 is 0 Å². The third-order valence-electron chi connectivity index (χ3n) is 5.36. The molecule has 136 valence electrons. The third kappa shape index (κ3) is 2.66. The number of fused-ring (bicyclic) bond motifs is 6. The quantitative estimate of drug-likeness (QED) is 0.464. The predicted octanol–water partition coefficient (Wildman–Crippen LogP) is 6.07. The summed E-state index contributed by atoms with van der Waals surface area (Å²) in [7, 11) is 0. The van der Waals surface area contributed by atoms with Gasteiger partial charge in [0.2, 0.25) is 0 Å². The lowest BCUT2D eigenvalue weighted by molar-refractivity contribution is 0.324. The molecule has 5 rings (SSSR count). The minimum absolute atomic E-state index is 0.000608. The van der Waals surface area contributed by atoms with Crippen molar-refractivity contribution < 1.29 is 4.74 Å². The van der Waals surface area contributed by atoms with Crippen LogP contribution in [0.2, 0.25) is 0 Å². The molecule has 0 aliphatic carbocycles. The minimum Gasteiger partial charge on any atom is -0.489 e. The van der Waals surface area contributed by atoms with Gasteiger partial charge in [-0.2, -0.15) is 0 Å². The van der Waals surface area contributed by atoms with Gasteiger partial charge in [0.1, 0.15) is 12.4 Å². The second-order valence-electron chi connectivity index (χ2n) is 8.16. The first kappa shape index (κ1) is 17.1. The van der Waals surface area contributed by atoms with Gasteiger partial charge in [0.05, 0.1) is 4.21 Å². The third-order valence-corrected chi connectivity index (χ3v) is 7.73. The Labute approximate surface area is 166 Å². The smallest absolute Gasteiger partial charge is 0.193 e. The standard InChI is InChI=1S/C23H20O2S2/c1-23(2,3)14-8-9-17-16(10-14)19-13(11-25-17)12-26-22-20(19)21(24)15-6-4-5-7-18(15)27-22/h4-10,12,19H,11H2,1-3H3. The van der Waals surface area contributed by atoms with Crippen molar-refractivity contribution in [2.45, 2.75) is 36.3 Å². The maximum atomic E-state index is 13.4. The molecule has 0 saturated carbocycles. The van der Waals surface area contributed by atoms with Crippen LogP contribution in [-0.2, 0) is 5.41 Å². The normalized spacial score (nSPS) is 18.2. The van der Waals surface area contributed by atoms with Gasteiger partial charge in [-0.15, -0.1) is 11.3 Å². The highest BCUT2D eigenvalue weighted by Crippen LogP contribution is 2.50. The lowest BCUT2D eigenvalue weighted by Crippen LogP contribution is -2.26. The van der Waals surface area contributed by atoms with Crippen LogP contribution in [0.1, 0.15) is 43.4 Å². The molecule has 1 atom stereocenters. The van der Waals surface area contributed by atoms with Crippen LogP contribution >= 0.6 is 23.1 Å². The van der Waals surface area contributed by atoms with Gasteiger partial charge in [-0.05, 0) is 40.2 Å². The summed E-state index contributed by atoms with van der Waals surface area (Å²) in [6.45, 7) is 7.20. The highest BCUT2D eigenvalue weighted by molar-refractivity contribution is 8.04. The van der Waals surface area contributed by atoms with Crippen molar-refractivity contribution in [1.29, 1.82) is 0 Å². The second kappa shape index (κ2) is 5.98. The monoisotopic (exact) mass is 392 g/mol. The molecule has 0 amide bonds. The zero-order valence-electron chi connectivity index (χ0n) is 15.5. The van der Waals surface area contributed by atoms with Crippen molar-refractivity contribution in [3.8, 4) is 5.75 Å². The molecule has 27 heavy (non-hydrogen) atoms. The molecule has 0 N–H and O–H groups in total. The molecule has 2 aromatic carbocycles. The highest BCUT2D eigenvalue weighted by Gasteiger charge is 2.35. The van der Waals surface area contributed by atoms with Gasteiger partial charge >= 0.3 is 0 Å². The molecule has 2 nitrogen and oxygen atoms in total. The van der Waals surface area contributed by atoms with Crippen LogP contribution in [-0.4, -0.2) is 6.61 Å². The van der Waals surface area contributed by atoms with Crippen LogP contribution in [0.5, 0.6) is 5.75 Å². The molecule has 0 fully saturated rings. The summed E-state index contributed by atoms with van der Waals surface area (Å²) < 4.78 is 8.19. The summed E-state index contributed by atoms with van der Waals surface area (Å²) in [6, 6.07) is 14.4. The van der Waals surface area contributed by atoms with E-state index in [9.17, 15) is 4.79 Å². The molecule has 0 spiro atoms. The summed E-state index contributed by atoms with van der Waals surface area (Å²) in [5.74, 6) is 0.904. The average molecular weight is 393 g/mol. The Morgan fingerprint density at radius 3 is 2.74 bits per heavy atom. The van der Waals surface area contributed by atoms with Crippen LogP contribution in [0.15, 0.2) is 62.4 Å². The van der Waals surface area contributed by atoms with Gasteiger partial charge in [0.15, 0.2) is 5.43 Å². The van der Waals surface area contributed by atoms with Crippen LogP contribution in [0, 0.1) is 0 Å². The molecular weight excluding hydrogens is 372 g/mol. The number of ether oxygens (including phenoxy) is 1. The Bertz CT molecular complexity index is 1170. The maximum absolute atomic E-state index is 13.4. The fraction of sp³-hybridized carbons (Fsp3) is 0.261. The number of hydrogen-bond acceptors (Lipinski definition) is 4. The second-order valence-corrected chi connectivity index (χ2v) is 10.4. The first-order chi connectivity index (χ1) is 12.9. The molecule has 1 aromatic heterocycles. The molecule has 3 aromatic rings. The van der Waals surface area contributed by atoms with Gasteiger partial charge < -0.3 is 4.74 Å². The summed E-state index contributed by atoms with van der Waals surface area (Å²) in [4.78, 5) is 13.4. The van der Waals surface area contributed by atoms with E-state index < -0.39 is 0 Å². The Kier molecular flexibility index (Phi) is 3.78. The zero-order chi connectivity index (χ0) is 18.8. The van der Waals surface area contributed by atoms with Crippen molar-refractivity contribution >= 4 is 33.2 Å². The van der Waals surface area contributed by atoms with Gasteiger partial charge in [-0.3, -0.25) is 4.79 Å². The van der Waals surface area contributed by atoms with Gasteiger partial charge in [-0.25, -0.2) is 0 Å². The fourth-order valence-electron chi connectivity index (χ4n) is 3.86. The van der Waals surface area contributed by atoms with Crippen LogP contribution in [0.4, 0.5) is 0 Å². The molecule has 4 heteroatoms. The molecule has 2 aliphatic rings. The number of benzene rings is 2. The Balaban J connectivity index is 1.79. The SMILES string of the molecule is CC(C)(C)c1ccc2c(c1)C1C(=CSc3sc4ccccc4c(=O)c31)CO2. The van der Waals surface area contributed by atoms with Crippen molar-refractivity contribution in [2.75, 3.05) is 6.61 Å². The van der Waals surface area contributed by atoms with Crippen molar-refractivity contribution in [1.82, 2.24) is 0 Å². The first-order valence-corrected chi connectivity index (χ1v) is 10.8. The predicted molar refractivity (Wildman–Crippen MR) is 115 cm³/mol. The Morgan fingerprint density at radius 1 is 1.11 bits per heavy atom. The summed E-state index contributed by atoms with van der Waals surface area (Å²) in [6.07, 6.45) is 0. The maximum Gasteiger partial charge on any atom is 0.193 e. The van der Waals surface area contributed by atoms with Gasteiger partial charge in [0, 0.05) is 27.1 Å². The molecular formula is C23H20O2S2. The van der Waals surface area contributed by atoms with Crippen LogP contribution in [0.25, 0.3) is 10.1 Å². The largest absolute Gasteiger partial charge is 0.489 e. The fourth-order valence-corrected chi connectivity index (χ4v) is 6.20.